The molecule has 4 saturated carbocycles. The van der Waals surface area contributed by atoms with E-state index in [2.05, 4.69) is 27.7 Å². The van der Waals surface area contributed by atoms with E-state index in [1.54, 1.807) is 0 Å². The second kappa shape index (κ2) is 14.3. The van der Waals surface area contributed by atoms with Crippen LogP contribution in [0.1, 0.15) is 106 Å². The fraction of sp³-hybridized carbons (Fsp3) is 0.857. The van der Waals surface area contributed by atoms with E-state index in [9.17, 15) is 60.0 Å². The first-order valence-electron chi connectivity index (χ1n) is 20.7. The topological polar surface area (TPSA) is 267 Å². The van der Waals surface area contributed by atoms with E-state index in [-0.39, 0.29) is 34.4 Å². The lowest BCUT2D eigenvalue weighted by Gasteiger charge is -2.70. The molecular weight excluding hydrogens is 760 g/mol. The summed E-state index contributed by atoms with van der Waals surface area (Å²) in [4.78, 5) is 51.3. The first kappa shape index (κ1) is 43.5. The number of aliphatic carboxylic acids is 3. The van der Waals surface area contributed by atoms with Crippen LogP contribution in [0.15, 0.2) is 11.6 Å². The number of hydrogen-bond donors (Lipinski definition) is 8. The summed E-state index contributed by atoms with van der Waals surface area (Å²) in [6.45, 7) is 14.8. The maximum absolute atomic E-state index is 14.8. The van der Waals surface area contributed by atoms with Gasteiger partial charge in [0.25, 0.3) is 0 Å². The van der Waals surface area contributed by atoms with Crippen LogP contribution in [0.3, 0.4) is 0 Å². The molecule has 16 nitrogen and oxygen atoms in total. The van der Waals surface area contributed by atoms with Crippen molar-refractivity contribution in [2.75, 3.05) is 0 Å². The summed E-state index contributed by atoms with van der Waals surface area (Å²) in [6, 6.07) is 0. The van der Waals surface area contributed by atoms with Gasteiger partial charge < -0.3 is 59.8 Å². The lowest BCUT2D eigenvalue weighted by atomic mass is 9.33. The zero-order valence-electron chi connectivity index (χ0n) is 34.4. The fourth-order valence-corrected chi connectivity index (χ4v) is 13.4. The Morgan fingerprint density at radius 1 is 0.690 bits per heavy atom. The van der Waals surface area contributed by atoms with E-state index in [4.69, 9.17) is 18.9 Å². The summed E-state index contributed by atoms with van der Waals surface area (Å²) in [7, 11) is 0. The van der Waals surface area contributed by atoms with Gasteiger partial charge in [-0.1, -0.05) is 47.1 Å². The number of carbonyl (C=O) groups excluding carboxylic acids is 1. The van der Waals surface area contributed by atoms with Gasteiger partial charge in [0.05, 0.1) is 11.5 Å². The fourth-order valence-electron chi connectivity index (χ4n) is 13.4. The van der Waals surface area contributed by atoms with E-state index in [1.807, 2.05) is 26.8 Å². The monoisotopic (exact) mass is 822 g/mol. The molecule has 8 N–H and O–H groups in total. The van der Waals surface area contributed by atoms with Crippen molar-refractivity contribution in [3.63, 3.8) is 0 Å². The van der Waals surface area contributed by atoms with Gasteiger partial charge in [0.2, 0.25) is 0 Å². The van der Waals surface area contributed by atoms with Crippen molar-refractivity contribution in [2.24, 2.45) is 50.2 Å². The molecule has 7 rings (SSSR count). The van der Waals surface area contributed by atoms with E-state index in [1.165, 1.54) is 0 Å². The Morgan fingerprint density at radius 3 is 1.88 bits per heavy atom. The number of ketones is 1. The van der Waals surface area contributed by atoms with Crippen molar-refractivity contribution in [2.45, 2.75) is 174 Å². The normalized spacial score (nSPS) is 52.6. The Kier molecular flexibility index (Phi) is 10.7. The molecule has 0 aromatic rings. The average molecular weight is 823 g/mol. The number of hydrogen-bond acceptors (Lipinski definition) is 13. The van der Waals surface area contributed by atoms with Gasteiger partial charge in [0, 0.05) is 5.92 Å². The van der Waals surface area contributed by atoms with Gasteiger partial charge >= 0.3 is 17.9 Å². The minimum atomic E-state index is -2.05. The van der Waals surface area contributed by atoms with Crippen molar-refractivity contribution in [1.82, 2.24) is 0 Å². The highest BCUT2D eigenvalue weighted by Crippen LogP contribution is 2.75. The molecule has 0 spiro atoms. The number of carboxylic acids is 3. The first-order chi connectivity index (χ1) is 26.8. The number of allylic oxidation sites excluding steroid dienone is 2. The molecule has 7 aliphatic rings. The first-order valence-corrected chi connectivity index (χ1v) is 20.7. The van der Waals surface area contributed by atoms with Gasteiger partial charge in [-0.25, -0.2) is 9.59 Å². The number of aliphatic hydroxyl groups is 5. The minimum Gasteiger partial charge on any atom is -0.481 e. The van der Waals surface area contributed by atoms with Crippen LogP contribution in [0.2, 0.25) is 0 Å². The van der Waals surface area contributed by atoms with Gasteiger partial charge in [-0.15, -0.1) is 0 Å². The summed E-state index contributed by atoms with van der Waals surface area (Å²) in [5.74, 6) is -4.47. The second-order valence-corrected chi connectivity index (χ2v) is 20.6. The molecule has 0 bridgehead atoms. The zero-order chi connectivity index (χ0) is 42.9. The molecule has 326 valence electrons. The van der Waals surface area contributed by atoms with E-state index in [0.29, 0.717) is 25.7 Å². The van der Waals surface area contributed by atoms with Crippen LogP contribution in [0.4, 0.5) is 0 Å². The molecule has 0 unspecified atom stereocenters. The molecular formula is C42H62O16. The van der Waals surface area contributed by atoms with Crippen LogP contribution >= 0.6 is 0 Å². The van der Waals surface area contributed by atoms with Crippen molar-refractivity contribution < 1.29 is 79.0 Å². The van der Waals surface area contributed by atoms with Crippen LogP contribution in [0.5, 0.6) is 0 Å². The van der Waals surface area contributed by atoms with Crippen LogP contribution in [-0.2, 0) is 38.1 Å². The summed E-state index contributed by atoms with van der Waals surface area (Å²) in [5, 5.41) is 83.0. The smallest absolute Gasteiger partial charge is 0.335 e. The molecule has 0 aromatic heterocycles. The molecule has 5 aliphatic carbocycles. The lowest BCUT2D eigenvalue weighted by molar-refractivity contribution is -0.371. The van der Waals surface area contributed by atoms with Gasteiger partial charge in [-0.2, -0.15) is 0 Å². The molecule has 0 aromatic carbocycles. The van der Waals surface area contributed by atoms with Crippen LogP contribution < -0.4 is 0 Å². The molecule has 2 heterocycles. The Bertz CT molecular complexity index is 1730. The van der Waals surface area contributed by atoms with Crippen molar-refractivity contribution in [3.05, 3.63) is 11.6 Å². The number of fused-ring (bicyclic) bond motifs is 7. The van der Waals surface area contributed by atoms with Gasteiger partial charge in [0.15, 0.2) is 30.6 Å². The standard InChI is InChI=1S/C42H62O16/c1-37(2)21-8-11-42(7)31(20(43)16-18-19-17-39(4,36(53)54)13-12-38(19,3)14-15-41(18,42)6)40(21,5)10-9-22(37)55-35-30(26(47)25(46)29(57-35)33(51)52)58-34-27(48)23(44)24(45)28(56-34)32(49)50/h16,19,21-31,34-35,44-48H,8-15,17H2,1-7H3,(H,49,50)(H,51,52)(H,53,54)/t19-,21-,22+,23-,24+,25+,26+,27-,28-,29+,30-,31-,34-,35-,38-,39+,40+,41-,42+/m0/s1. The number of carbonyl (C=O) groups is 4. The minimum absolute atomic E-state index is 0.0217. The molecule has 16 heteroatoms. The average Bonchev–Trinajstić information content (AvgIpc) is 3.13. The summed E-state index contributed by atoms with van der Waals surface area (Å²) < 4.78 is 23.4. The SMILES string of the molecule is CC1(C)[C@H](O[C@H]2O[C@@H](C(=O)O)[C@H](O)[C@@H](O)[C@@H]2O[C@@H]2O[C@H](C(=O)O)[C@H](O)[C@H](O)[C@@H]2O)CC[C@]2(C)[C@H]1CC[C@]1(C)[C@H]2C(=O)C=C2[C@@H]3C[C@](C)(C(=O)O)CC[C@@]3(C)CC[C@@]21C. The summed E-state index contributed by atoms with van der Waals surface area (Å²) in [6.07, 6.45) is -12.2. The van der Waals surface area contributed by atoms with Crippen molar-refractivity contribution >= 4 is 23.7 Å². The van der Waals surface area contributed by atoms with Gasteiger partial charge in [-0.05, 0) is 110 Å². The largest absolute Gasteiger partial charge is 0.481 e. The molecule has 19 atom stereocenters. The van der Waals surface area contributed by atoms with Gasteiger partial charge in [-0.3, -0.25) is 9.59 Å². The number of rotatable bonds is 7. The predicted molar refractivity (Wildman–Crippen MR) is 199 cm³/mol. The lowest BCUT2D eigenvalue weighted by Crippen LogP contribution is -2.68. The van der Waals surface area contributed by atoms with Crippen molar-refractivity contribution in [1.29, 1.82) is 0 Å². The maximum atomic E-state index is 14.8. The van der Waals surface area contributed by atoms with Crippen LogP contribution in [-0.4, -0.2) is 132 Å². The Morgan fingerprint density at radius 2 is 1.28 bits per heavy atom. The quantitative estimate of drug-likeness (QED) is 0.171. The molecule has 6 fully saturated rings. The highest BCUT2D eigenvalue weighted by Gasteiger charge is 2.71. The molecule has 0 amide bonds. The Balaban J connectivity index is 1.17. The van der Waals surface area contributed by atoms with Crippen LogP contribution in [0, 0.1) is 50.2 Å². The molecule has 2 saturated heterocycles. The third kappa shape index (κ3) is 6.25. The molecule has 0 radical (unpaired) electrons. The number of carboxylic acid groups (broad SMARTS) is 3. The van der Waals surface area contributed by atoms with E-state index in [0.717, 1.165) is 37.7 Å². The van der Waals surface area contributed by atoms with Crippen LogP contribution in [0.25, 0.3) is 0 Å². The van der Waals surface area contributed by atoms with Gasteiger partial charge in [0.1, 0.15) is 36.6 Å². The molecule has 58 heavy (non-hydrogen) atoms. The third-order valence-corrected chi connectivity index (χ3v) is 17.2. The molecule has 2 aliphatic heterocycles. The maximum Gasteiger partial charge on any atom is 0.335 e. The Labute approximate surface area is 337 Å². The number of aliphatic hydroxyl groups excluding tert-OH is 5. The summed E-state index contributed by atoms with van der Waals surface area (Å²) >= 11 is 0. The zero-order valence-corrected chi connectivity index (χ0v) is 34.4. The number of ether oxygens (including phenoxy) is 4. The predicted octanol–water partition coefficient (Wildman–Crippen LogP) is 2.25. The van der Waals surface area contributed by atoms with E-state index >= 15 is 0 Å². The van der Waals surface area contributed by atoms with Crippen molar-refractivity contribution in [3.8, 4) is 0 Å². The highest BCUT2D eigenvalue weighted by atomic mass is 16.8. The van der Waals surface area contributed by atoms with E-state index < -0.39 is 107 Å². The second-order valence-electron chi connectivity index (χ2n) is 20.6. The third-order valence-electron chi connectivity index (χ3n) is 17.2. The summed E-state index contributed by atoms with van der Waals surface area (Å²) in [5.41, 5.74) is -1.81. The highest BCUT2D eigenvalue weighted by molar-refractivity contribution is 5.95. The Hall–Kier alpha value is -2.54.